The highest BCUT2D eigenvalue weighted by atomic mass is 35.5. The Balaban J connectivity index is 2.15. The van der Waals surface area contributed by atoms with Crippen molar-refractivity contribution in [1.82, 2.24) is 10.5 Å². The largest absolute Gasteiger partial charge is 0.481 e. The fourth-order valence-electron chi connectivity index (χ4n) is 2.02. The van der Waals surface area contributed by atoms with Crippen molar-refractivity contribution < 1.29 is 19.2 Å². The minimum absolute atomic E-state index is 0.0113. The summed E-state index contributed by atoms with van der Waals surface area (Å²) in [6.45, 7) is 1.94. The predicted molar refractivity (Wildman–Crippen MR) is 94.0 cm³/mol. The summed E-state index contributed by atoms with van der Waals surface area (Å²) >= 11 is 13.6. The number of carbonyl (C=O) groups is 2. The number of carboxylic acid groups (broad SMARTS) is 1. The molecule has 0 unspecified atom stereocenters. The summed E-state index contributed by atoms with van der Waals surface area (Å²) < 4.78 is 5.13. The quantitative estimate of drug-likeness (QED) is 0.705. The fourth-order valence-corrected chi connectivity index (χ4v) is 3.16. The number of aromatic nitrogens is 1. The number of carbonyl (C=O) groups excluding carboxylic acids is 1. The van der Waals surface area contributed by atoms with Gasteiger partial charge in [0.25, 0.3) is 5.91 Å². The Kier molecular flexibility index (Phi) is 6.53. The lowest BCUT2D eigenvalue weighted by Gasteiger charge is -2.07. The second-order valence-electron chi connectivity index (χ2n) is 4.76. The van der Waals surface area contributed by atoms with Crippen molar-refractivity contribution in [3.63, 3.8) is 0 Å². The maximum atomic E-state index is 12.4. The average molecular weight is 389 g/mol. The van der Waals surface area contributed by atoms with Crippen molar-refractivity contribution in [3.8, 4) is 11.3 Å². The zero-order chi connectivity index (χ0) is 17.7. The van der Waals surface area contributed by atoms with Crippen LogP contribution in [-0.2, 0) is 4.79 Å². The number of carboxylic acids is 1. The molecule has 0 saturated carbocycles. The Morgan fingerprint density at radius 2 is 2.00 bits per heavy atom. The van der Waals surface area contributed by atoms with Gasteiger partial charge in [-0.3, -0.25) is 9.59 Å². The number of benzene rings is 1. The van der Waals surface area contributed by atoms with Crippen LogP contribution in [0.25, 0.3) is 11.3 Å². The van der Waals surface area contributed by atoms with Gasteiger partial charge in [0, 0.05) is 17.9 Å². The van der Waals surface area contributed by atoms with Gasteiger partial charge in [-0.2, -0.15) is 0 Å². The third-order valence-corrected chi connectivity index (χ3v) is 4.62. The minimum atomic E-state index is -0.892. The maximum Gasteiger partial charge on any atom is 0.313 e. The Labute approximate surface area is 152 Å². The lowest BCUT2D eigenvalue weighted by atomic mass is 10.1. The van der Waals surface area contributed by atoms with Crippen LogP contribution in [0, 0.1) is 6.92 Å². The van der Waals surface area contributed by atoms with E-state index >= 15 is 0 Å². The van der Waals surface area contributed by atoms with Gasteiger partial charge >= 0.3 is 5.97 Å². The van der Waals surface area contributed by atoms with Gasteiger partial charge in [0.15, 0.2) is 0 Å². The van der Waals surface area contributed by atoms with E-state index in [2.05, 4.69) is 10.5 Å². The molecule has 0 radical (unpaired) electrons. The highest BCUT2D eigenvalue weighted by molar-refractivity contribution is 7.99. The number of aliphatic carboxylic acids is 1. The van der Waals surface area contributed by atoms with Gasteiger partial charge in [-0.25, -0.2) is 0 Å². The van der Waals surface area contributed by atoms with E-state index in [-0.39, 0.29) is 22.9 Å². The number of aryl methyl sites for hydroxylation is 1. The number of halogens is 2. The van der Waals surface area contributed by atoms with E-state index in [1.54, 1.807) is 25.1 Å². The highest BCUT2D eigenvalue weighted by Crippen LogP contribution is 2.36. The molecule has 0 saturated heterocycles. The summed E-state index contributed by atoms with van der Waals surface area (Å²) in [6.07, 6.45) is 0. The van der Waals surface area contributed by atoms with Crippen LogP contribution in [0.15, 0.2) is 22.7 Å². The molecule has 0 spiro atoms. The number of hydrogen-bond donors (Lipinski definition) is 2. The molecule has 2 N–H and O–H groups in total. The first-order chi connectivity index (χ1) is 11.4. The average Bonchev–Trinajstić information content (AvgIpc) is 2.88. The fraction of sp³-hybridized carbons (Fsp3) is 0.267. The van der Waals surface area contributed by atoms with Crippen LogP contribution in [0.2, 0.25) is 10.0 Å². The molecule has 0 atom stereocenters. The van der Waals surface area contributed by atoms with E-state index < -0.39 is 5.97 Å². The van der Waals surface area contributed by atoms with Crippen LogP contribution in [0.1, 0.15) is 16.1 Å². The molecule has 0 aliphatic rings. The third-order valence-electron chi connectivity index (χ3n) is 3.05. The molecule has 0 fully saturated rings. The molecule has 1 aromatic heterocycles. The molecule has 2 rings (SSSR count). The molecule has 1 aromatic carbocycles. The van der Waals surface area contributed by atoms with Crippen LogP contribution < -0.4 is 5.32 Å². The van der Waals surface area contributed by atoms with Crippen molar-refractivity contribution in [1.29, 1.82) is 0 Å². The van der Waals surface area contributed by atoms with Crippen LogP contribution in [0.3, 0.4) is 0 Å². The summed E-state index contributed by atoms with van der Waals surface area (Å²) in [5.74, 6) is -0.461. The summed E-state index contributed by atoms with van der Waals surface area (Å²) in [4.78, 5) is 22.9. The molecule has 24 heavy (non-hydrogen) atoms. The number of nitrogens with zero attached hydrogens (tertiary/aromatic N) is 1. The first-order valence-electron chi connectivity index (χ1n) is 6.90. The van der Waals surface area contributed by atoms with Crippen LogP contribution >= 0.6 is 35.0 Å². The SMILES string of the molecule is Cc1onc(-c2c(Cl)cccc2Cl)c1C(=O)NCCSCC(=O)O. The molecular weight excluding hydrogens is 375 g/mol. The van der Waals surface area contributed by atoms with E-state index in [1.165, 1.54) is 11.8 Å². The van der Waals surface area contributed by atoms with Crippen molar-refractivity contribution in [2.45, 2.75) is 6.92 Å². The second-order valence-corrected chi connectivity index (χ2v) is 6.68. The standard InChI is InChI=1S/C15H14Cl2N2O4S/c1-8-12(15(22)18-5-6-24-7-11(20)21)14(19-23-8)13-9(16)3-2-4-10(13)17/h2-4H,5-7H2,1H3,(H,18,22)(H,20,21). The summed E-state index contributed by atoms with van der Waals surface area (Å²) in [5.41, 5.74) is 0.968. The normalized spacial score (nSPS) is 10.6. The van der Waals surface area contributed by atoms with Crippen molar-refractivity contribution >= 4 is 46.8 Å². The van der Waals surface area contributed by atoms with Gasteiger partial charge in [-0.1, -0.05) is 34.4 Å². The van der Waals surface area contributed by atoms with E-state index in [9.17, 15) is 9.59 Å². The summed E-state index contributed by atoms with van der Waals surface area (Å²) in [6, 6.07) is 4.99. The molecule has 0 aliphatic carbocycles. The first kappa shape index (κ1) is 18.6. The topological polar surface area (TPSA) is 92.4 Å². The summed E-state index contributed by atoms with van der Waals surface area (Å²) in [5, 5.41) is 15.9. The molecule has 6 nitrogen and oxygen atoms in total. The van der Waals surface area contributed by atoms with Gasteiger partial charge < -0.3 is 14.9 Å². The van der Waals surface area contributed by atoms with Gasteiger partial charge in [-0.05, 0) is 19.1 Å². The van der Waals surface area contributed by atoms with E-state index in [1.807, 2.05) is 0 Å². The van der Waals surface area contributed by atoms with E-state index in [0.29, 0.717) is 33.7 Å². The Morgan fingerprint density at radius 1 is 1.33 bits per heavy atom. The van der Waals surface area contributed by atoms with Crippen LogP contribution in [0.5, 0.6) is 0 Å². The molecule has 1 amide bonds. The molecule has 2 aromatic rings. The number of thioether (sulfide) groups is 1. The molecule has 1 heterocycles. The van der Waals surface area contributed by atoms with E-state index in [4.69, 9.17) is 32.8 Å². The molecule has 128 valence electrons. The monoisotopic (exact) mass is 388 g/mol. The number of nitrogens with one attached hydrogen (secondary N) is 1. The van der Waals surface area contributed by atoms with Crippen molar-refractivity contribution in [2.24, 2.45) is 0 Å². The first-order valence-corrected chi connectivity index (χ1v) is 8.81. The lowest BCUT2D eigenvalue weighted by molar-refractivity contribution is -0.133. The van der Waals surface area contributed by atoms with Crippen molar-refractivity contribution in [2.75, 3.05) is 18.1 Å². The van der Waals surface area contributed by atoms with Crippen LogP contribution in [0.4, 0.5) is 0 Å². The smallest absolute Gasteiger partial charge is 0.313 e. The Bertz CT molecular complexity index is 744. The molecule has 0 bridgehead atoms. The highest BCUT2D eigenvalue weighted by Gasteiger charge is 2.24. The Hall–Kier alpha value is -1.70. The molecule has 9 heteroatoms. The Morgan fingerprint density at radius 3 is 2.62 bits per heavy atom. The predicted octanol–water partition coefficient (Wildman–Crippen LogP) is 3.50. The van der Waals surface area contributed by atoms with Gasteiger partial charge in [-0.15, -0.1) is 11.8 Å². The van der Waals surface area contributed by atoms with Gasteiger partial charge in [0.2, 0.25) is 0 Å². The molecular formula is C15H14Cl2N2O4S. The number of hydrogen-bond acceptors (Lipinski definition) is 5. The molecule has 0 aliphatic heterocycles. The number of amides is 1. The maximum absolute atomic E-state index is 12.4. The minimum Gasteiger partial charge on any atom is -0.481 e. The second kappa shape index (κ2) is 8.41. The van der Waals surface area contributed by atoms with Gasteiger partial charge in [0.1, 0.15) is 17.0 Å². The van der Waals surface area contributed by atoms with Gasteiger partial charge in [0.05, 0.1) is 15.8 Å². The lowest BCUT2D eigenvalue weighted by Crippen LogP contribution is -2.26. The zero-order valence-corrected chi connectivity index (χ0v) is 15.0. The van der Waals surface area contributed by atoms with Crippen molar-refractivity contribution in [3.05, 3.63) is 39.6 Å². The summed E-state index contributed by atoms with van der Waals surface area (Å²) in [7, 11) is 0. The van der Waals surface area contributed by atoms with Crippen LogP contribution in [-0.4, -0.2) is 40.2 Å². The third kappa shape index (κ3) is 4.43. The number of rotatable bonds is 7. The van der Waals surface area contributed by atoms with E-state index in [0.717, 1.165) is 0 Å². The zero-order valence-electron chi connectivity index (χ0n) is 12.6.